The summed E-state index contributed by atoms with van der Waals surface area (Å²) >= 11 is 0. The highest BCUT2D eigenvalue weighted by atomic mass is 15.1. The first kappa shape index (κ1) is 13.7. The summed E-state index contributed by atoms with van der Waals surface area (Å²) in [6.45, 7) is 4.18. The summed E-state index contributed by atoms with van der Waals surface area (Å²) in [6.07, 6.45) is 6.19. The van der Waals surface area contributed by atoms with Crippen molar-refractivity contribution in [2.24, 2.45) is 7.05 Å². The summed E-state index contributed by atoms with van der Waals surface area (Å²) in [4.78, 5) is 14.0. The van der Waals surface area contributed by atoms with Crippen LogP contribution in [-0.2, 0) is 19.9 Å². The fourth-order valence-corrected chi connectivity index (χ4v) is 3.41. The van der Waals surface area contributed by atoms with Crippen LogP contribution in [0, 0.1) is 6.92 Å². The average Bonchev–Trinajstić information content (AvgIpc) is 2.83. The Kier molecular flexibility index (Phi) is 3.33. The molecule has 2 N–H and O–H groups in total. The van der Waals surface area contributed by atoms with E-state index in [0.29, 0.717) is 6.04 Å². The maximum Gasteiger partial charge on any atom is 0.223 e. The zero-order valence-corrected chi connectivity index (χ0v) is 13.2. The number of anilines is 1. The van der Waals surface area contributed by atoms with Gasteiger partial charge in [-0.2, -0.15) is 0 Å². The van der Waals surface area contributed by atoms with Gasteiger partial charge in [0.15, 0.2) is 0 Å². The van der Waals surface area contributed by atoms with E-state index in [1.807, 2.05) is 13.1 Å². The fraction of sp³-hybridized carbons (Fsp3) is 0.562. The summed E-state index contributed by atoms with van der Waals surface area (Å²) in [7, 11) is 2.07. The van der Waals surface area contributed by atoms with E-state index in [9.17, 15) is 0 Å². The molecule has 0 saturated carbocycles. The van der Waals surface area contributed by atoms with E-state index in [4.69, 9.17) is 4.98 Å². The molecular formula is C16H22N6. The van der Waals surface area contributed by atoms with Crippen LogP contribution in [-0.4, -0.2) is 38.7 Å². The van der Waals surface area contributed by atoms with Crippen LogP contribution in [0.4, 0.5) is 5.95 Å². The number of hydrogen-bond acceptors (Lipinski definition) is 5. The van der Waals surface area contributed by atoms with Crippen molar-refractivity contribution >= 4 is 5.95 Å². The summed E-state index contributed by atoms with van der Waals surface area (Å²) < 4.78 is 2.15. The van der Waals surface area contributed by atoms with Gasteiger partial charge < -0.3 is 15.2 Å². The molecule has 1 fully saturated rings. The predicted molar refractivity (Wildman–Crippen MR) is 85.9 cm³/mol. The van der Waals surface area contributed by atoms with E-state index in [2.05, 4.69) is 32.2 Å². The van der Waals surface area contributed by atoms with Gasteiger partial charge >= 0.3 is 0 Å². The highest BCUT2D eigenvalue weighted by Gasteiger charge is 2.24. The minimum atomic E-state index is 0.468. The van der Waals surface area contributed by atoms with Crippen molar-refractivity contribution in [3.8, 4) is 11.4 Å². The Morgan fingerprint density at radius 3 is 2.86 bits per heavy atom. The fourth-order valence-electron chi connectivity index (χ4n) is 3.41. The number of piperidine rings is 1. The molecule has 4 rings (SSSR count). The van der Waals surface area contributed by atoms with Gasteiger partial charge in [0.2, 0.25) is 5.95 Å². The Morgan fingerprint density at radius 1 is 1.23 bits per heavy atom. The van der Waals surface area contributed by atoms with E-state index in [1.54, 1.807) is 0 Å². The third kappa shape index (κ3) is 2.27. The second-order valence-electron chi connectivity index (χ2n) is 6.25. The number of fused-ring (bicyclic) bond motifs is 3. The van der Waals surface area contributed by atoms with Crippen molar-refractivity contribution in [3.05, 3.63) is 23.3 Å². The first-order chi connectivity index (χ1) is 10.7. The van der Waals surface area contributed by atoms with Gasteiger partial charge in [-0.3, -0.25) is 0 Å². The molecule has 0 amide bonds. The summed E-state index contributed by atoms with van der Waals surface area (Å²) in [6, 6.07) is 0.468. The summed E-state index contributed by atoms with van der Waals surface area (Å²) in [5.74, 6) is 1.79. The normalized spacial score (nSPS) is 17.9. The Balaban J connectivity index is 1.68. The molecule has 0 radical (unpaired) electrons. The Bertz CT molecular complexity index is 699. The zero-order valence-electron chi connectivity index (χ0n) is 13.2. The highest BCUT2D eigenvalue weighted by Crippen LogP contribution is 2.32. The Morgan fingerprint density at radius 2 is 2.05 bits per heavy atom. The number of hydrogen-bond donors (Lipinski definition) is 2. The Labute approximate surface area is 130 Å². The van der Waals surface area contributed by atoms with Crippen LogP contribution in [0.3, 0.4) is 0 Å². The minimum absolute atomic E-state index is 0.468. The van der Waals surface area contributed by atoms with E-state index >= 15 is 0 Å². The topological polar surface area (TPSA) is 67.7 Å². The van der Waals surface area contributed by atoms with Crippen molar-refractivity contribution in [1.82, 2.24) is 24.8 Å². The number of aryl methyl sites for hydroxylation is 3. The van der Waals surface area contributed by atoms with Crippen LogP contribution in [0.15, 0.2) is 6.20 Å². The van der Waals surface area contributed by atoms with Gasteiger partial charge in [0.1, 0.15) is 5.82 Å². The molecule has 6 heteroatoms. The van der Waals surface area contributed by atoms with Crippen molar-refractivity contribution < 1.29 is 0 Å². The number of rotatable bonds is 2. The van der Waals surface area contributed by atoms with E-state index < -0.39 is 0 Å². The monoisotopic (exact) mass is 298 g/mol. The van der Waals surface area contributed by atoms with Gasteiger partial charge in [0.25, 0.3) is 0 Å². The van der Waals surface area contributed by atoms with Crippen molar-refractivity contribution in [2.75, 3.05) is 18.4 Å². The number of nitrogens with one attached hydrogen (secondary N) is 2. The van der Waals surface area contributed by atoms with E-state index in [1.165, 1.54) is 11.3 Å². The molecule has 6 nitrogen and oxygen atoms in total. The molecule has 2 aliphatic rings. The van der Waals surface area contributed by atoms with Crippen LogP contribution in [0.1, 0.15) is 29.9 Å². The molecule has 1 aliphatic carbocycles. The lowest BCUT2D eigenvalue weighted by atomic mass is 9.98. The summed E-state index contributed by atoms with van der Waals surface area (Å²) in [5.41, 5.74) is 4.61. The molecule has 3 heterocycles. The van der Waals surface area contributed by atoms with Gasteiger partial charge in [0, 0.05) is 19.3 Å². The third-order valence-corrected chi connectivity index (χ3v) is 4.78. The Hall–Kier alpha value is -1.95. The van der Waals surface area contributed by atoms with Crippen LogP contribution < -0.4 is 10.6 Å². The second-order valence-corrected chi connectivity index (χ2v) is 6.25. The van der Waals surface area contributed by atoms with Gasteiger partial charge in [-0.25, -0.2) is 15.0 Å². The quantitative estimate of drug-likeness (QED) is 0.878. The number of imidazole rings is 1. The molecule has 1 aliphatic heterocycles. The standard InChI is InChI=1S/C16H22N6/c1-10-19-13-4-3-11-9-18-16(20-12-5-7-17-8-6-12)21-14(11)15(13)22(10)2/h9,12,17H,3-8H2,1-2H3,(H,18,20,21). The maximum absolute atomic E-state index is 4.82. The first-order valence-electron chi connectivity index (χ1n) is 8.08. The number of nitrogens with zero attached hydrogens (tertiary/aromatic N) is 4. The van der Waals surface area contributed by atoms with Crippen molar-refractivity contribution in [2.45, 2.75) is 38.6 Å². The molecule has 22 heavy (non-hydrogen) atoms. The van der Waals surface area contributed by atoms with Crippen molar-refractivity contribution in [3.63, 3.8) is 0 Å². The molecule has 2 aromatic heterocycles. The lowest BCUT2D eigenvalue weighted by Gasteiger charge is -2.24. The van der Waals surface area contributed by atoms with Crippen LogP contribution in [0.25, 0.3) is 11.4 Å². The van der Waals surface area contributed by atoms with Crippen LogP contribution in [0.5, 0.6) is 0 Å². The van der Waals surface area contributed by atoms with E-state index in [0.717, 1.165) is 61.9 Å². The molecule has 2 aromatic rings. The van der Waals surface area contributed by atoms with E-state index in [-0.39, 0.29) is 0 Å². The molecule has 0 spiro atoms. The van der Waals surface area contributed by atoms with Crippen LogP contribution in [0.2, 0.25) is 0 Å². The largest absolute Gasteiger partial charge is 0.351 e. The maximum atomic E-state index is 4.82. The molecule has 0 aromatic carbocycles. The van der Waals surface area contributed by atoms with Gasteiger partial charge in [-0.05, 0) is 51.3 Å². The molecule has 0 bridgehead atoms. The summed E-state index contributed by atoms with van der Waals surface area (Å²) in [5, 5.41) is 6.88. The molecule has 0 atom stereocenters. The third-order valence-electron chi connectivity index (χ3n) is 4.78. The van der Waals surface area contributed by atoms with Gasteiger partial charge in [-0.15, -0.1) is 0 Å². The zero-order chi connectivity index (χ0) is 15.1. The molecule has 1 saturated heterocycles. The predicted octanol–water partition coefficient (Wildman–Crippen LogP) is 1.45. The van der Waals surface area contributed by atoms with Crippen LogP contribution >= 0.6 is 0 Å². The van der Waals surface area contributed by atoms with Gasteiger partial charge in [-0.1, -0.05) is 0 Å². The van der Waals surface area contributed by atoms with Gasteiger partial charge in [0.05, 0.1) is 17.1 Å². The second kappa shape index (κ2) is 5.35. The molecule has 116 valence electrons. The smallest absolute Gasteiger partial charge is 0.223 e. The lowest BCUT2D eigenvalue weighted by molar-refractivity contribution is 0.477. The first-order valence-corrected chi connectivity index (χ1v) is 8.08. The minimum Gasteiger partial charge on any atom is -0.351 e. The SMILES string of the molecule is Cc1nc2c(n1C)-c1nc(NC3CCNCC3)ncc1CC2. The highest BCUT2D eigenvalue weighted by molar-refractivity contribution is 5.66. The molecule has 0 unspecified atom stereocenters. The lowest BCUT2D eigenvalue weighted by Crippen LogP contribution is -2.35. The molecular weight excluding hydrogens is 276 g/mol. The number of aromatic nitrogens is 4. The van der Waals surface area contributed by atoms with Crippen molar-refractivity contribution in [1.29, 1.82) is 0 Å². The average molecular weight is 298 g/mol.